The molecule has 5 rings (SSSR count). The van der Waals surface area contributed by atoms with Crippen molar-refractivity contribution in [1.82, 2.24) is 19.5 Å². The Labute approximate surface area is 129 Å². The molecule has 3 aliphatic rings. The monoisotopic (exact) mass is 299 g/mol. The molecule has 2 N–H and O–H groups in total. The van der Waals surface area contributed by atoms with E-state index in [1.54, 1.807) is 6.33 Å². The van der Waals surface area contributed by atoms with Gasteiger partial charge in [-0.3, -0.25) is 0 Å². The van der Waals surface area contributed by atoms with E-state index in [0.717, 1.165) is 17.0 Å². The highest BCUT2D eigenvalue weighted by Gasteiger charge is 2.48. The molecule has 116 valence electrons. The van der Waals surface area contributed by atoms with Gasteiger partial charge in [-0.05, 0) is 43.9 Å². The standard InChI is InChI=1S/C16H21N5O/c22-6-12-9-1-2-10(5-9)14(12)21-8-19-13-15(20-11-3-4-11)17-7-18-16(13)21/h7-12,14,22H,1-6H2,(H,17,18,20)/t9-,10+,12-,14-/m1/s1. The molecule has 6 heteroatoms. The summed E-state index contributed by atoms with van der Waals surface area (Å²) < 4.78 is 2.21. The van der Waals surface area contributed by atoms with Crippen molar-refractivity contribution in [1.29, 1.82) is 0 Å². The van der Waals surface area contributed by atoms with Crippen LogP contribution in [-0.4, -0.2) is 37.3 Å². The second-order valence-electron chi connectivity index (χ2n) is 7.14. The summed E-state index contributed by atoms with van der Waals surface area (Å²) in [7, 11) is 0. The Balaban J connectivity index is 1.57. The summed E-state index contributed by atoms with van der Waals surface area (Å²) in [5, 5.41) is 13.3. The van der Waals surface area contributed by atoms with Crippen molar-refractivity contribution in [2.75, 3.05) is 11.9 Å². The Morgan fingerprint density at radius 3 is 2.82 bits per heavy atom. The number of fused-ring (bicyclic) bond motifs is 3. The second kappa shape index (κ2) is 4.65. The van der Waals surface area contributed by atoms with E-state index in [-0.39, 0.29) is 6.61 Å². The van der Waals surface area contributed by atoms with Crippen molar-refractivity contribution in [2.24, 2.45) is 17.8 Å². The van der Waals surface area contributed by atoms with Crippen LogP contribution in [-0.2, 0) is 0 Å². The predicted molar refractivity (Wildman–Crippen MR) is 82.4 cm³/mol. The SMILES string of the molecule is OC[C@@H]1[C@@H]2CC[C@@H](C2)[C@H]1n1cnc2c(NC3CC3)ncnc21. The number of aromatic nitrogens is 4. The van der Waals surface area contributed by atoms with Crippen molar-refractivity contribution < 1.29 is 5.11 Å². The molecule has 22 heavy (non-hydrogen) atoms. The Morgan fingerprint density at radius 2 is 2.00 bits per heavy atom. The minimum absolute atomic E-state index is 0.268. The zero-order chi connectivity index (χ0) is 14.7. The third kappa shape index (κ3) is 1.79. The molecule has 2 heterocycles. The molecular weight excluding hydrogens is 278 g/mol. The highest BCUT2D eigenvalue weighted by Crippen LogP contribution is 2.54. The molecule has 2 bridgehead atoms. The molecule has 0 radical (unpaired) electrons. The molecule has 3 fully saturated rings. The van der Waals surface area contributed by atoms with Crippen molar-refractivity contribution in [3.8, 4) is 0 Å². The largest absolute Gasteiger partial charge is 0.396 e. The quantitative estimate of drug-likeness (QED) is 0.903. The Hall–Kier alpha value is -1.69. The fourth-order valence-electron chi connectivity index (χ4n) is 4.67. The van der Waals surface area contributed by atoms with Gasteiger partial charge in [0.1, 0.15) is 11.8 Å². The first-order valence-corrected chi connectivity index (χ1v) is 8.40. The van der Waals surface area contributed by atoms with Crippen LogP contribution in [0.1, 0.15) is 38.1 Å². The third-order valence-electron chi connectivity index (χ3n) is 5.85. The first-order chi connectivity index (χ1) is 10.8. The van der Waals surface area contributed by atoms with Gasteiger partial charge in [-0.2, -0.15) is 0 Å². The Morgan fingerprint density at radius 1 is 1.14 bits per heavy atom. The third-order valence-corrected chi connectivity index (χ3v) is 5.85. The van der Waals surface area contributed by atoms with Crippen LogP contribution >= 0.6 is 0 Å². The Bertz CT molecular complexity index is 710. The Kier molecular flexibility index (Phi) is 2.71. The highest BCUT2D eigenvalue weighted by atomic mass is 16.3. The number of hydrogen-bond donors (Lipinski definition) is 2. The van der Waals surface area contributed by atoms with E-state index in [4.69, 9.17) is 0 Å². The molecule has 0 aromatic carbocycles. The number of aliphatic hydroxyl groups excluding tert-OH is 1. The molecule has 2 aromatic heterocycles. The van der Waals surface area contributed by atoms with Gasteiger partial charge in [0.05, 0.1) is 6.33 Å². The van der Waals surface area contributed by atoms with Gasteiger partial charge in [-0.1, -0.05) is 0 Å². The van der Waals surface area contributed by atoms with Crippen LogP contribution in [0.15, 0.2) is 12.7 Å². The fourth-order valence-corrected chi connectivity index (χ4v) is 4.67. The summed E-state index contributed by atoms with van der Waals surface area (Å²) in [6.07, 6.45) is 9.74. The van der Waals surface area contributed by atoms with E-state index in [9.17, 15) is 5.11 Å². The lowest BCUT2D eigenvalue weighted by Crippen LogP contribution is -2.28. The smallest absolute Gasteiger partial charge is 0.165 e. The van der Waals surface area contributed by atoms with E-state index in [1.165, 1.54) is 32.1 Å². The molecule has 0 aliphatic heterocycles. The average molecular weight is 299 g/mol. The molecule has 0 spiro atoms. The topological polar surface area (TPSA) is 75.9 Å². The van der Waals surface area contributed by atoms with Gasteiger partial charge >= 0.3 is 0 Å². The van der Waals surface area contributed by atoms with Crippen molar-refractivity contribution in [3.63, 3.8) is 0 Å². The molecular formula is C16H21N5O. The second-order valence-corrected chi connectivity index (χ2v) is 7.14. The van der Waals surface area contributed by atoms with Crippen LogP contribution in [0.5, 0.6) is 0 Å². The van der Waals surface area contributed by atoms with Gasteiger partial charge < -0.3 is 15.0 Å². The number of hydrogen-bond acceptors (Lipinski definition) is 5. The molecule has 4 atom stereocenters. The summed E-state index contributed by atoms with van der Waals surface area (Å²) >= 11 is 0. The van der Waals surface area contributed by atoms with E-state index in [2.05, 4.69) is 24.8 Å². The van der Waals surface area contributed by atoms with Gasteiger partial charge in [0.2, 0.25) is 0 Å². The van der Waals surface area contributed by atoms with Crippen LogP contribution in [0.25, 0.3) is 11.2 Å². The molecule has 2 aromatic rings. The average Bonchev–Trinajstić information content (AvgIpc) is 2.99. The fraction of sp³-hybridized carbons (Fsp3) is 0.688. The summed E-state index contributed by atoms with van der Waals surface area (Å²) in [4.78, 5) is 13.5. The molecule has 6 nitrogen and oxygen atoms in total. The van der Waals surface area contributed by atoms with Crippen LogP contribution in [0.3, 0.4) is 0 Å². The zero-order valence-electron chi connectivity index (χ0n) is 12.5. The minimum Gasteiger partial charge on any atom is -0.396 e. The molecule has 3 saturated carbocycles. The van der Waals surface area contributed by atoms with Gasteiger partial charge in [-0.25, -0.2) is 15.0 Å². The lowest BCUT2D eigenvalue weighted by Gasteiger charge is -2.30. The van der Waals surface area contributed by atoms with E-state index in [0.29, 0.717) is 29.8 Å². The lowest BCUT2D eigenvalue weighted by atomic mass is 9.85. The van der Waals surface area contributed by atoms with Crippen LogP contribution in [0, 0.1) is 17.8 Å². The molecule has 3 aliphatic carbocycles. The first-order valence-electron chi connectivity index (χ1n) is 8.40. The van der Waals surface area contributed by atoms with E-state index < -0.39 is 0 Å². The van der Waals surface area contributed by atoms with Crippen molar-refractivity contribution in [2.45, 2.75) is 44.2 Å². The maximum absolute atomic E-state index is 9.83. The molecule has 0 unspecified atom stereocenters. The lowest BCUT2D eigenvalue weighted by molar-refractivity contribution is 0.130. The predicted octanol–water partition coefficient (Wildman–Crippen LogP) is 1.98. The van der Waals surface area contributed by atoms with Gasteiger partial charge in [0.15, 0.2) is 11.5 Å². The summed E-state index contributed by atoms with van der Waals surface area (Å²) in [6, 6.07) is 0.897. The maximum atomic E-state index is 9.83. The summed E-state index contributed by atoms with van der Waals surface area (Å²) in [5.41, 5.74) is 1.78. The number of imidazole rings is 1. The van der Waals surface area contributed by atoms with Crippen LogP contribution in [0.4, 0.5) is 5.82 Å². The number of rotatable bonds is 4. The van der Waals surface area contributed by atoms with Crippen molar-refractivity contribution >= 4 is 17.0 Å². The van der Waals surface area contributed by atoms with Gasteiger partial charge in [-0.15, -0.1) is 0 Å². The summed E-state index contributed by atoms with van der Waals surface area (Å²) in [6.45, 7) is 0.268. The molecule has 0 amide bonds. The number of aliphatic hydroxyl groups is 1. The van der Waals surface area contributed by atoms with E-state index >= 15 is 0 Å². The van der Waals surface area contributed by atoms with E-state index in [1.807, 2.05) is 6.33 Å². The van der Waals surface area contributed by atoms with Crippen molar-refractivity contribution in [3.05, 3.63) is 12.7 Å². The normalized spacial score (nSPS) is 33.7. The number of nitrogens with zero attached hydrogens (tertiary/aromatic N) is 4. The van der Waals surface area contributed by atoms with Gasteiger partial charge in [0, 0.05) is 24.6 Å². The summed E-state index contributed by atoms with van der Waals surface area (Å²) in [5.74, 6) is 2.54. The zero-order valence-corrected chi connectivity index (χ0v) is 12.5. The number of anilines is 1. The first kappa shape index (κ1) is 12.8. The highest BCUT2D eigenvalue weighted by molar-refractivity contribution is 5.83. The van der Waals surface area contributed by atoms with Gasteiger partial charge in [0.25, 0.3) is 0 Å². The van der Waals surface area contributed by atoms with Crippen LogP contribution < -0.4 is 5.32 Å². The minimum atomic E-state index is 0.268. The molecule has 0 saturated heterocycles. The maximum Gasteiger partial charge on any atom is 0.165 e. The number of nitrogens with one attached hydrogen (secondary N) is 1. The van der Waals surface area contributed by atoms with Crippen LogP contribution in [0.2, 0.25) is 0 Å².